The highest BCUT2D eigenvalue weighted by Gasteiger charge is 2.19. The number of nitrogens with zero attached hydrogens (tertiary/aromatic N) is 1. The lowest BCUT2D eigenvalue weighted by molar-refractivity contribution is -0.128. The molecule has 4 heteroatoms. The summed E-state index contributed by atoms with van der Waals surface area (Å²) in [6.45, 7) is 9.96. The van der Waals surface area contributed by atoms with Crippen molar-refractivity contribution >= 4 is 5.91 Å². The Morgan fingerprint density at radius 2 is 1.75 bits per heavy atom. The molecule has 0 unspecified atom stereocenters. The Morgan fingerprint density at radius 3 is 2.43 bits per heavy atom. The third-order valence-corrected chi connectivity index (χ3v) is 5.37. The second kappa shape index (κ2) is 9.74. The highest BCUT2D eigenvalue weighted by molar-refractivity contribution is 5.81. The molecule has 1 N–H and O–H groups in total. The third-order valence-electron chi connectivity index (χ3n) is 5.37. The predicted molar refractivity (Wildman–Crippen MR) is 113 cm³/mol. The van der Waals surface area contributed by atoms with E-state index in [4.69, 9.17) is 4.74 Å². The van der Waals surface area contributed by atoms with E-state index < -0.39 is 6.10 Å². The van der Waals surface area contributed by atoms with Gasteiger partial charge in [0.25, 0.3) is 5.91 Å². The standard InChI is InChI=1S/C24H32N2O2/c1-4-22(28-23-15-18(2)7-8-19(23)3)24(27)25-16-20-9-11-21(12-10-20)17-26-13-5-6-14-26/h7-12,15,22H,4-6,13-14,16-17H2,1-3H3,(H,25,27)/t22-/m0/s1. The maximum Gasteiger partial charge on any atom is 0.261 e. The van der Waals surface area contributed by atoms with E-state index in [0.717, 1.165) is 29.0 Å². The van der Waals surface area contributed by atoms with Gasteiger partial charge in [-0.05, 0) is 74.5 Å². The van der Waals surface area contributed by atoms with Crippen molar-refractivity contribution < 1.29 is 9.53 Å². The highest BCUT2D eigenvalue weighted by Crippen LogP contribution is 2.21. The van der Waals surface area contributed by atoms with Crippen molar-refractivity contribution in [1.29, 1.82) is 0 Å². The smallest absolute Gasteiger partial charge is 0.261 e. The van der Waals surface area contributed by atoms with Crippen molar-refractivity contribution in [3.8, 4) is 5.75 Å². The van der Waals surface area contributed by atoms with Gasteiger partial charge in [-0.25, -0.2) is 0 Å². The van der Waals surface area contributed by atoms with E-state index in [1.165, 1.54) is 31.5 Å². The van der Waals surface area contributed by atoms with Crippen LogP contribution in [0.15, 0.2) is 42.5 Å². The first-order chi connectivity index (χ1) is 13.5. The summed E-state index contributed by atoms with van der Waals surface area (Å²) in [5.41, 5.74) is 4.62. The molecule has 0 spiro atoms. The fraction of sp³-hybridized carbons (Fsp3) is 0.458. The van der Waals surface area contributed by atoms with Crippen molar-refractivity contribution in [2.24, 2.45) is 0 Å². The summed E-state index contributed by atoms with van der Waals surface area (Å²) in [5, 5.41) is 3.02. The van der Waals surface area contributed by atoms with Crippen LogP contribution in [0.3, 0.4) is 0 Å². The van der Waals surface area contributed by atoms with Gasteiger partial charge in [0.05, 0.1) is 0 Å². The molecule has 0 aromatic heterocycles. The van der Waals surface area contributed by atoms with Gasteiger partial charge in [0.15, 0.2) is 6.10 Å². The van der Waals surface area contributed by atoms with E-state index in [0.29, 0.717) is 13.0 Å². The Bertz CT molecular complexity index is 780. The fourth-order valence-electron chi connectivity index (χ4n) is 3.57. The largest absolute Gasteiger partial charge is 0.480 e. The Hall–Kier alpha value is -2.33. The molecule has 3 rings (SSSR count). The van der Waals surface area contributed by atoms with Gasteiger partial charge in [-0.15, -0.1) is 0 Å². The third kappa shape index (κ3) is 5.59. The number of nitrogens with one attached hydrogen (secondary N) is 1. The van der Waals surface area contributed by atoms with E-state index in [1.54, 1.807) is 0 Å². The van der Waals surface area contributed by atoms with Crippen molar-refractivity contribution in [1.82, 2.24) is 10.2 Å². The van der Waals surface area contributed by atoms with Crippen LogP contribution >= 0.6 is 0 Å². The first-order valence-corrected chi connectivity index (χ1v) is 10.4. The number of amides is 1. The van der Waals surface area contributed by atoms with E-state index in [2.05, 4.69) is 40.5 Å². The molecule has 28 heavy (non-hydrogen) atoms. The number of ether oxygens (including phenoxy) is 1. The molecule has 0 aliphatic carbocycles. The molecule has 4 nitrogen and oxygen atoms in total. The number of hydrogen-bond donors (Lipinski definition) is 1. The highest BCUT2D eigenvalue weighted by atomic mass is 16.5. The molecule has 1 heterocycles. The van der Waals surface area contributed by atoms with Crippen LogP contribution < -0.4 is 10.1 Å². The first-order valence-electron chi connectivity index (χ1n) is 10.4. The average Bonchev–Trinajstić information content (AvgIpc) is 3.21. The molecule has 150 valence electrons. The minimum absolute atomic E-state index is 0.0652. The number of likely N-dealkylation sites (tertiary alicyclic amines) is 1. The molecule has 0 saturated carbocycles. The van der Waals surface area contributed by atoms with Gasteiger partial charge in [-0.1, -0.05) is 43.3 Å². The summed E-state index contributed by atoms with van der Waals surface area (Å²) in [4.78, 5) is 15.1. The zero-order chi connectivity index (χ0) is 19.9. The van der Waals surface area contributed by atoms with Gasteiger partial charge in [0.2, 0.25) is 0 Å². The maximum atomic E-state index is 12.6. The van der Waals surface area contributed by atoms with Crippen molar-refractivity contribution in [2.45, 2.75) is 59.2 Å². The van der Waals surface area contributed by atoms with E-state index in [9.17, 15) is 4.79 Å². The minimum atomic E-state index is -0.477. The van der Waals surface area contributed by atoms with Crippen LogP contribution in [-0.2, 0) is 17.9 Å². The van der Waals surface area contributed by atoms with Gasteiger partial charge in [-0.2, -0.15) is 0 Å². The zero-order valence-electron chi connectivity index (χ0n) is 17.3. The molecule has 1 aliphatic rings. The summed E-state index contributed by atoms with van der Waals surface area (Å²) in [6.07, 6.45) is 2.78. The van der Waals surface area contributed by atoms with Gasteiger partial charge < -0.3 is 10.1 Å². The molecule has 1 atom stereocenters. The molecule has 0 bridgehead atoms. The van der Waals surface area contributed by atoms with Crippen LogP contribution in [0.1, 0.15) is 48.4 Å². The lowest BCUT2D eigenvalue weighted by Gasteiger charge is -2.19. The normalized spacial score (nSPS) is 15.4. The number of benzene rings is 2. The number of hydrogen-bond acceptors (Lipinski definition) is 3. The first kappa shape index (κ1) is 20.4. The second-order valence-electron chi connectivity index (χ2n) is 7.80. The molecule has 2 aromatic rings. The van der Waals surface area contributed by atoms with Gasteiger partial charge in [-0.3, -0.25) is 9.69 Å². The maximum absolute atomic E-state index is 12.6. The quantitative estimate of drug-likeness (QED) is 0.739. The van der Waals surface area contributed by atoms with E-state index in [1.807, 2.05) is 32.9 Å². The molecule has 0 radical (unpaired) electrons. The van der Waals surface area contributed by atoms with Gasteiger partial charge >= 0.3 is 0 Å². The molecule has 1 fully saturated rings. The fourth-order valence-corrected chi connectivity index (χ4v) is 3.57. The van der Waals surface area contributed by atoms with Crippen LogP contribution in [0.5, 0.6) is 5.75 Å². The predicted octanol–water partition coefficient (Wildman–Crippen LogP) is 4.37. The molecule has 1 saturated heterocycles. The molecular weight excluding hydrogens is 348 g/mol. The van der Waals surface area contributed by atoms with E-state index >= 15 is 0 Å². The lowest BCUT2D eigenvalue weighted by Crippen LogP contribution is -2.37. The minimum Gasteiger partial charge on any atom is -0.480 e. The van der Waals surface area contributed by atoms with Crippen LogP contribution in [-0.4, -0.2) is 30.0 Å². The number of rotatable bonds is 8. The van der Waals surface area contributed by atoms with E-state index in [-0.39, 0.29) is 5.91 Å². The molecule has 2 aromatic carbocycles. The summed E-state index contributed by atoms with van der Waals surface area (Å²) in [7, 11) is 0. The van der Waals surface area contributed by atoms with Crippen molar-refractivity contribution in [3.05, 3.63) is 64.7 Å². The van der Waals surface area contributed by atoms with Crippen LogP contribution in [0.4, 0.5) is 0 Å². The Labute approximate surface area is 168 Å². The van der Waals surface area contributed by atoms with Crippen molar-refractivity contribution in [3.63, 3.8) is 0 Å². The second-order valence-corrected chi connectivity index (χ2v) is 7.80. The monoisotopic (exact) mass is 380 g/mol. The molecule has 1 aliphatic heterocycles. The van der Waals surface area contributed by atoms with Crippen LogP contribution in [0.25, 0.3) is 0 Å². The van der Waals surface area contributed by atoms with Crippen LogP contribution in [0, 0.1) is 13.8 Å². The summed E-state index contributed by atoms with van der Waals surface area (Å²) >= 11 is 0. The number of carbonyl (C=O) groups excluding carboxylic acids is 1. The Morgan fingerprint density at radius 1 is 1.07 bits per heavy atom. The SMILES string of the molecule is CC[C@H](Oc1cc(C)ccc1C)C(=O)NCc1ccc(CN2CCCC2)cc1. The van der Waals surface area contributed by atoms with Gasteiger partial charge in [0.1, 0.15) is 5.75 Å². The van der Waals surface area contributed by atoms with Gasteiger partial charge in [0, 0.05) is 13.1 Å². The summed E-state index contributed by atoms with van der Waals surface area (Å²) in [6, 6.07) is 14.6. The number of aryl methyl sites for hydroxylation is 2. The molecular formula is C24H32N2O2. The van der Waals surface area contributed by atoms with Crippen LogP contribution in [0.2, 0.25) is 0 Å². The summed E-state index contributed by atoms with van der Waals surface area (Å²) in [5.74, 6) is 0.720. The zero-order valence-corrected chi connectivity index (χ0v) is 17.3. The Kier molecular flexibility index (Phi) is 7.10. The summed E-state index contributed by atoms with van der Waals surface area (Å²) < 4.78 is 6.00. The molecule has 1 amide bonds. The Balaban J connectivity index is 1.52. The average molecular weight is 381 g/mol. The van der Waals surface area contributed by atoms with Crippen molar-refractivity contribution in [2.75, 3.05) is 13.1 Å². The number of carbonyl (C=O) groups is 1. The topological polar surface area (TPSA) is 41.6 Å². The lowest BCUT2D eigenvalue weighted by atomic mass is 10.1.